The Morgan fingerprint density at radius 2 is 0.611 bits per heavy atom. The molecule has 3 heteroatoms. The van der Waals surface area contributed by atoms with Crippen LogP contribution in [0.3, 0.4) is 0 Å². The van der Waals surface area contributed by atoms with E-state index in [4.69, 9.17) is 25.9 Å². The van der Waals surface area contributed by atoms with Crippen molar-refractivity contribution in [2.24, 2.45) is 0 Å². The lowest BCUT2D eigenvalue weighted by molar-refractivity contribution is 1.07. The van der Waals surface area contributed by atoms with Gasteiger partial charge in [-0.2, -0.15) is 0 Å². The van der Waals surface area contributed by atoms with Crippen molar-refractivity contribution < 1.29 is 15.1 Å². The fourth-order valence-electron chi connectivity index (χ4n) is 6.81. The maximum absolute atomic E-state index is 9.74. The summed E-state index contributed by atoms with van der Waals surface area (Å²) in [6, 6.07) is 36.7. The van der Waals surface area contributed by atoms with Crippen LogP contribution in [0.5, 0.6) is 0 Å². The summed E-state index contributed by atoms with van der Waals surface area (Å²) in [5, 5.41) is -1.10. The van der Waals surface area contributed by atoms with Crippen LogP contribution < -0.4 is 0 Å². The lowest BCUT2D eigenvalue weighted by Crippen LogP contribution is -2.00. The average Bonchev–Trinajstić information content (AvgIpc) is 3.35. The van der Waals surface area contributed by atoms with Crippen molar-refractivity contribution in [1.29, 1.82) is 0 Å². The normalized spacial score (nSPS) is 14.2. The molecule has 0 spiro atoms. The van der Waals surface area contributed by atoms with Gasteiger partial charge in [0.15, 0.2) is 17.5 Å². The molecule has 252 valence electrons. The van der Waals surface area contributed by atoms with Gasteiger partial charge in [0.1, 0.15) is 0 Å². The number of rotatable bonds is 6. The summed E-state index contributed by atoms with van der Waals surface area (Å²) >= 11 is 0. The molecule has 10 aromatic rings. The first-order chi connectivity index (χ1) is 31.3. The summed E-state index contributed by atoms with van der Waals surface area (Å²) in [6.07, 6.45) is 0. The number of benzene rings is 9. The van der Waals surface area contributed by atoms with Gasteiger partial charge in [0, 0.05) is 16.7 Å². The molecule has 10 rings (SSSR count). The fraction of sp³-hybridized carbons (Fsp3) is 0. The molecule has 1 heterocycles. The minimum atomic E-state index is -0.620. The third-order valence-corrected chi connectivity index (χ3v) is 9.44. The van der Waals surface area contributed by atoms with Gasteiger partial charge in [-0.05, 0) is 89.9 Å². The predicted molar refractivity (Wildman–Crippen MR) is 225 cm³/mol. The SMILES string of the molecule is [2H]c1c([2H])c([2H])c2c(c1[2H])c1c([2H])c([2H])c([2H])c([2H])c1c1c([2H])c(-c3cccc(-c4nc(-c5cccc(-c6ccccc6)c5)nc(-c5cccc(-c6ccccc6)c5)n4)c3)c([2H])c([2H])c21. The second kappa shape index (κ2) is 13.4. The summed E-state index contributed by atoms with van der Waals surface area (Å²) in [6.45, 7) is 0. The van der Waals surface area contributed by atoms with E-state index in [1.807, 2.05) is 109 Å². The molecule has 0 unspecified atom stereocenters. The Labute approximate surface area is 329 Å². The molecular weight excluding hydrogens is 655 g/mol. The summed E-state index contributed by atoms with van der Waals surface area (Å²) in [5.41, 5.74) is 6.23. The maximum Gasteiger partial charge on any atom is 0.164 e. The minimum Gasteiger partial charge on any atom is -0.208 e. The van der Waals surface area contributed by atoms with E-state index in [-0.39, 0.29) is 49.7 Å². The van der Waals surface area contributed by atoms with Crippen LogP contribution in [0, 0.1) is 0 Å². The van der Waals surface area contributed by atoms with Crippen molar-refractivity contribution >= 4 is 32.3 Å². The van der Waals surface area contributed by atoms with Crippen LogP contribution in [0.1, 0.15) is 15.1 Å². The maximum atomic E-state index is 9.74. The average molecular weight is 699 g/mol. The molecule has 0 amide bonds. The molecule has 0 saturated heterocycles. The largest absolute Gasteiger partial charge is 0.208 e. The van der Waals surface area contributed by atoms with Crippen molar-refractivity contribution in [3.05, 3.63) is 200 Å². The van der Waals surface area contributed by atoms with Crippen molar-refractivity contribution in [2.75, 3.05) is 0 Å². The second-order valence-electron chi connectivity index (χ2n) is 12.8. The Hall–Kier alpha value is -7.23. The van der Waals surface area contributed by atoms with E-state index in [1.54, 1.807) is 24.3 Å². The van der Waals surface area contributed by atoms with Gasteiger partial charge in [0.05, 0.1) is 15.1 Å². The summed E-state index contributed by atoms with van der Waals surface area (Å²) < 4.78 is 98.4. The van der Waals surface area contributed by atoms with E-state index < -0.39 is 60.4 Å². The number of fused-ring (bicyclic) bond motifs is 6. The van der Waals surface area contributed by atoms with Gasteiger partial charge < -0.3 is 0 Å². The highest BCUT2D eigenvalue weighted by molar-refractivity contribution is 6.25. The number of hydrogen-bond acceptors (Lipinski definition) is 3. The molecule has 1 aromatic heterocycles. The summed E-state index contributed by atoms with van der Waals surface area (Å²) in [5.74, 6) is 1.09. The van der Waals surface area contributed by atoms with Crippen LogP contribution in [0.15, 0.2) is 200 Å². The van der Waals surface area contributed by atoms with Crippen molar-refractivity contribution in [1.82, 2.24) is 15.0 Å². The molecule has 0 aliphatic carbocycles. The fourth-order valence-corrected chi connectivity index (χ4v) is 6.81. The third kappa shape index (κ3) is 5.78. The molecule has 0 radical (unpaired) electrons. The number of hydrogen-bond donors (Lipinski definition) is 0. The van der Waals surface area contributed by atoms with E-state index >= 15 is 0 Å². The van der Waals surface area contributed by atoms with E-state index in [9.17, 15) is 4.11 Å². The Bertz CT molecular complexity index is 3480. The molecule has 9 aromatic carbocycles. The standard InChI is InChI=1S/C51H33N3/c1-3-14-34(15-4-1)36-18-11-21-40(30-36)49-52-50(41-22-12-19-37(31-41)35-16-5-2-6-17-35)54-51(53-49)42-23-13-20-38(32-42)39-28-29-47-45-26-8-7-24-43(45)44-25-9-10-27-46(44)48(47)33-39/h1-33H/i7D,8D,9D,10D,24D,25D,26D,27D,28D,29D,33D. The van der Waals surface area contributed by atoms with Crippen LogP contribution in [0.4, 0.5) is 0 Å². The molecular formula is C51H33N3. The Morgan fingerprint density at radius 1 is 0.278 bits per heavy atom. The lowest BCUT2D eigenvalue weighted by atomic mass is 9.92. The first kappa shape index (κ1) is 22.0. The molecule has 0 N–H and O–H groups in total. The van der Waals surface area contributed by atoms with Crippen molar-refractivity contribution in [3.8, 4) is 67.5 Å². The molecule has 54 heavy (non-hydrogen) atoms. The Kier molecular flexibility index (Phi) is 5.45. The van der Waals surface area contributed by atoms with E-state index in [0.29, 0.717) is 22.8 Å². The minimum absolute atomic E-state index is 0.0288. The second-order valence-corrected chi connectivity index (χ2v) is 12.8. The van der Waals surface area contributed by atoms with Gasteiger partial charge in [0.25, 0.3) is 0 Å². The van der Waals surface area contributed by atoms with E-state index in [1.165, 1.54) is 0 Å². The first-order valence-corrected chi connectivity index (χ1v) is 17.4. The molecule has 0 saturated carbocycles. The predicted octanol–water partition coefficient (Wildman–Crippen LogP) is 13.3. The smallest absolute Gasteiger partial charge is 0.164 e. The first-order valence-electron chi connectivity index (χ1n) is 22.9. The van der Waals surface area contributed by atoms with E-state index in [2.05, 4.69) is 0 Å². The van der Waals surface area contributed by atoms with Crippen LogP contribution in [0.2, 0.25) is 0 Å². The van der Waals surface area contributed by atoms with Crippen LogP contribution in [0.25, 0.3) is 99.9 Å². The highest BCUT2D eigenvalue weighted by Gasteiger charge is 2.15. The molecule has 3 nitrogen and oxygen atoms in total. The Balaban J connectivity index is 1.22. The zero-order valence-corrected chi connectivity index (χ0v) is 28.5. The molecule has 0 atom stereocenters. The summed E-state index contributed by atoms with van der Waals surface area (Å²) in [7, 11) is 0. The van der Waals surface area contributed by atoms with Crippen molar-refractivity contribution in [3.63, 3.8) is 0 Å². The third-order valence-electron chi connectivity index (χ3n) is 9.44. The van der Waals surface area contributed by atoms with Gasteiger partial charge in [-0.15, -0.1) is 0 Å². The Morgan fingerprint density at radius 3 is 1.04 bits per heavy atom. The van der Waals surface area contributed by atoms with Gasteiger partial charge in [-0.25, -0.2) is 15.0 Å². The van der Waals surface area contributed by atoms with Gasteiger partial charge in [0.2, 0.25) is 0 Å². The highest BCUT2D eigenvalue weighted by Crippen LogP contribution is 2.38. The van der Waals surface area contributed by atoms with Gasteiger partial charge in [-0.3, -0.25) is 0 Å². The quantitative estimate of drug-likeness (QED) is 0.162. The lowest BCUT2D eigenvalue weighted by Gasteiger charge is -2.13. The number of aromatic nitrogens is 3. The van der Waals surface area contributed by atoms with Crippen LogP contribution in [-0.2, 0) is 0 Å². The molecule has 0 aliphatic heterocycles. The van der Waals surface area contributed by atoms with E-state index in [0.717, 1.165) is 33.4 Å². The van der Waals surface area contributed by atoms with Crippen molar-refractivity contribution in [2.45, 2.75) is 0 Å². The summed E-state index contributed by atoms with van der Waals surface area (Å²) in [4.78, 5) is 15.0. The molecule has 0 fully saturated rings. The zero-order valence-electron chi connectivity index (χ0n) is 39.5. The molecule has 0 aliphatic rings. The van der Waals surface area contributed by atoms with Gasteiger partial charge >= 0.3 is 0 Å². The van der Waals surface area contributed by atoms with Crippen LogP contribution in [-0.4, -0.2) is 15.0 Å². The van der Waals surface area contributed by atoms with Gasteiger partial charge in [-0.1, -0.05) is 176 Å². The topological polar surface area (TPSA) is 38.7 Å². The molecule has 0 bridgehead atoms. The zero-order chi connectivity index (χ0) is 45.4. The number of nitrogens with zero attached hydrogens (tertiary/aromatic N) is 3. The highest BCUT2D eigenvalue weighted by atomic mass is 15.0. The van der Waals surface area contributed by atoms with Crippen LogP contribution >= 0.6 is 0 Å². The monoisotopic (exact) mass is 698 g/mol.